The van der Waals surface area contributed by atoms with Gasteiger partial charge in [-0.2, -0.15) is 0 Å². The maximum absolute atomic E-state index is 10.6. The Morgan fingerprint density at radius 3 is 2.12 bits per heavy atom. The van der Waals surface area contributed by atoms with Crippen molar-refractivity contribution in [2.24, 2.45) is 0 Å². The molecule has 0 fully saturated rings. The maximum atomic E-state index is 10.6. The van der Waals surface area contributed by atoms with Crippen molar-refractivity contribution in [3.63, 3.8) is 0 Å². The van der Waals surface area contributed by atoms with Crippen molar-refractivity contribution in [3.05, 3.63) is 59.3 Å². The lowest BCUT2D eigenvalue weighted by Crippen LogP contribution is -1.86. The first-order valence-corrected chi connectivity index (χ1v) is 5.36. The summed E-state index contributed by atoms with van der Waals surface area (Å²) in [4.78, 5) is 10.6. The molecular weight excluding hydrogens is 210 g/mol. The molecule has 0 aromatic heterocycles. The van der Waals surface area contributed by atoms with Gasteiger partial charge in [0.05, 0.1) is 0 Å². The van der Waals surface area contributed by atoms with E-state index in [2.05, 4.69) is 6.58 Å². The number of nitrogens with one attached hydrogen (secondary N) is 1. The molecule has 17 heavy (non-hydrogen) atoms. The van der Waals surface area contributed by atoms with Crippen molar-refractivity contribution in [2.75, 3.05) is 0 Å². The van der Waals surface area contributed by atoms with Crippen molar-refractivity contribution in [2.45, 2.75) is 20.8 Å². The Hall–Kier alpha value is -1.96. The molecule has 2 nitrogen and oxygen atoms in total. The van der Waals surface area contributed by atoms with Crippen LogP contribution in [0.2, 0.25) is 0 Å². The lowest BCUT2D eigenvalue weighted by Gasteiger charge is -1.98. The topological polar surface area (TPSA) is 40.9 Å². The Morgan fingerprint density at radius 1 is 1.06 bits per heavy atom. The van der Waals surface area contributed by atoms with E-state index in [-0.39, 0.29) is 0 Å². The molecule has 0 spiro atoms. The number of hydrogen-bond donors (Lipinski definition) is 1. The van der Waals surface area contributed by atoms with Gasteiger partial charge in [-0.3, -0.25) is 4.79 Å². The van der Waals surface area contributed by atoms with E-state index in [1.807, 2.05) is 39.0 Å². The molecule has 2 heteroatoms. The summed E-state index contributed by atoms with van der Waals surface area (Å²) < 4.78 is 0. The second-order valence-electron chi connectivity index (χ2n) is 3.92. The monoisotopic (exact) mass is 229 g/mol. The van der Waals surface area contributed by atoms with E-state index >= 15 is 0 Å². The number of allylic oxidation sites excluding steroid dienone is 9. The van der Waals surface area contributed by atoms with Crippen LogP contribution in [0.1, 0.15) is 20.8 Å². The molecule has 0 bridgehead atoms. The quantitative estimate of drug-likeness (QED) is 0.320. The van der Waals surface area contributed by atoms with Crippen LogP contribution < -0.4 is 0 Å². The molecule has 0 heterocycles. The Kier molecular flexibility index (Phi) is 7.27. The van der Waals surface area contributed by atoms with Crippen LogP contribution in [0.4, 0.5) is 0 Å². The summed E-state index contributed by atoms with van der Waals surface area (Å²) in [5, 5.41) is 7.04. The second-order valence-corrected chi connectivity index (χ2v) is 3.92. The Morgan fingerprint density at radius 2 is 1.71 bits per heavy atom. The fourth-order valence-corrected chi connectivity index (χ4v) is 1.28. The molecule has 0 atom stereocenters. The number of carbonyl (C=O) groups excluding carboxylic acids is 1. The van der Waals surface area contributed by atoms with Crippen LogP contribution in [0.15, 0.2) is 59.3 Å². The standard InChI is InChI=1S/C15H19NO/c1-5-6-14(7-12(2)3)8-13(4)9-15(10-16)11-17/h5-11,16H,1H2,2-4H3/b13-8+,14-6+,15-9+,16-10?. The first-order valence-electron chi connectivity index (χ1n) is 5.36. The van der Waals surface area contributed by atoms with Gasteiger partial charge >= 0.3 is 0 Å². The molecular formula is C15H19NO. The van der Waals surface area contributed by atoms with Gasteiger partial charge in [0.15, 0.2) is 6.29 Å². The van der Waals surface area contributed by atoms with Crippen LogP contribution in [-0.2, 0) is 4.79 Å². The third-order valence-corrected chi connectivity index (χ3v) is 1.86. The van der Waals surface area contributed by atoms with Gasteiger partial charge in [0.1, 0.15) is 0 Å². The number of aldehydes is 1. The molecule has 0 radical (unpaired) electrons. The molecule has 0 saturated heterocycles. The highest BCUT2D eigenvalue weighted by molar-refractivity contribution is 6.00. The summed E-state index contributed by atoms with van der Waals surface area (Å²) in [6, 6.07) is 0. The summed E-state index contributed by atoms with van der Waals surface area (Å²) in [6.07, 6.45) is 11.0. The third-order valence-electron chi connectivity index (χ3n) is 1.86. The van der Waals surface area contributed by atoms with Crippen molar-refractivity contribution >= 4 is 12.5 Å². The first-order chi connectivity index (χ1) is 8.03. The average molecular weight is 229 g/mol. The summed E-state index contributed by atoms with van der Waals surface area (Å²) in [5.41, 5.74) is 3.48. The van der Waals surface area contributed by atoms with Crippen LogP contribution in [0, 0.1) is 5.41 Å². The van der Waals surface area contributed by atoms with Crippen molar-refractivity contribution in [1.82, 2.24) is 0 Å². The average Bonchev–Trinajstić information content (AvgIpc) is 2.25. The fourth-order valence-electron chi connectivity index (χ4n) is 1.28. The van der Waals surface area contributed by atoms with Crippen LogP contribution in [-0.4, -0.2) is 12.5 Å². The predicted molar refractivity (Wildman–Crippen MR) is 74.4 cm³/mol. The molecule has 1 N–H and O–H groups in total. The van der Waals surface area contributed by atoms with E-state index in [9.17, 15) is 4.79 Å². The minimum Gasteiger partial charge on any atom is -0.308 e. The van der Waals surface area contributed by atoms with Crippen LogP contribution in [0.25, 0.3) is 0 Å². The third kappa shape index (κ3) is 7.01. The van der Waals surface area contributed by atoms with Gasteiger partial charge in [-0.1, -0.05) is 36.5 Å². The Balaban J connectivity index is 5.21. The van der Waals surface area contributed by atoms with Crippen molar-refractivity contribution in [3.8, 4) is 0 Å². The maximum Gasteiger partial charge on any atom is 0.151 e. The van der Waals surface area contributed by atoms with Gasteiger partial charge in [0, 0.05) is 11.8 Å². The van der Waals surface area contributed by atoms with Gasteiger partial charge in [-0.15, -0.1) is 0 Å². The number of hydrogen-bond acceptors (Lipinski definition) is 2. The summed E-state index contributed by atoms with van der Waals surface area (Å²) in [6.45, 7) is 9.59. The van der Waals surface area contributed by atoms with E-state index in [0.29, 0.717) is 11.9 Å². The molecule has 0 aromatic rings. The normalized spacial score (nSPS) is 13.0. The first kappa shape index (κ1) is 15.0. The van der Waals surface area contributed by atoms with E-state index in [4.69, 9.17) is 5.41 Å². The van der Waals surface area contributed by atoms with Gasteiger partial charge in [0.25, 0.3) is 0 Å². The zero-order chi connectivity index (χ0) is 13.3. The molecule has 0 aliphatic rings. The van der Waals surface area contributed by atoms with Gasteiger partial charge in [-0.05, 0) is 38.0 Å². The van der Waals surface area contributed by atoms with Crippen molar-refractivity contribution < 1.29 is 4.79 Å². The largest absolute Gasteiger partial charge is 0.308 e. The van der Waals surface area contributed by atoms with Crippen LogP contribution in [0.3, 0.4) is 0 Å². The molecule has 0 aromatic carbocycles. The molecule has 0 saturated carbocycles. The second kappa shape index (κ2) is 8.22. The van der Waals surface area contributed by atoms with Gasteiger partial charge < -0.3 is 5.41 Å². The fraction of sp³-hybridized carbons (Fsp3) is 0.200. The molecule has 0 aliphatic heterocycles. The zero-order valence-corrected chi connectivity index (χ0v) is 10.7. The predicted octanol–water partition coefficient (Wildman–Crippen LogP) is 3.79. The zero-order valence-electron chi connectivity index (χ0n) is 10.7. The smallest absolute Gasteiger partial charge is 0.151 e. The summed E-state index contributed by atoms with van der Waals surface area (Å²) in [5.74, 6) is 0. The summed E-state index contributed by atoms with van der Waals surface area (Å²) >= 11 is 0. The van der Waals surface area contributed by atoms with Crippen molar-refractivity contribution in [1.29, 1.82) is 5.41 Å². The van der Waals surface area contributed by atoms with E-state index < -0.39 is 0 Å². The van der Waals surface area contributed by atoms with E-state index in [1.165, 1.54) is 5.57 Å². The lowest BCUT2D eigenvalue weighted by atomic mass is 10.1. The molecule has 90 valence electrons. The van der Waals surface area contributed by atoms with E-state index in [1.54, 1.807) is 12.2 Å². The molecule has 0 amide bonds. The Bertz CT molecular complexity index is 406. The highest BCUT2D eigenvalue weighted by Crippen LogP contribution is 2.09. The highest BCUT2D eigenvalue weighted by atomic mass is 16.1. The van der Waals surface area contributed by atoms with Crippen LogP contribution >= 0.6 is 0 Å². The highest BCUT2D eigenvalue weighted by Gasteiger charge is 1.92. The molecule has 0 aliphatic carbocycles. The Labute approximate surface area is 103 Å². The number of carbonyl (C=O) groups is 1. The minimum absolute atomic E-state index is 0.355. The van der Waals surface area contributed by atoms with Gasteiger partial charge in [-0.25, -0.2) is 0 Å². The molecule has 0 unspecified atom stereocenters. The summed E-state index contributed by atoms with van der Waals surface area (Å²) in [7, 11) is 0. The molecule has 0 rings (SSSR count). The SMILES string of the molecule is C=C/C=C(C=C(C)C)/C=C(C)/C=C(\C=N)C=O. The van der Waals surface area contributed by atoms with E-state index in [0.717, 1.165) is 17.4 Å². The van der Waals surface area contributed by atoms with Crippen LogP contribution in [0.5, 0.6) is 0 Å². The minimum atomic E-state index is 0.355. The van der Waals surface area contributed by atoms with Gasteiger partial charge in [0.2, 0.25) is 0 Å². The number of rotatable bonds is 6. The lowest BCUT2D eigenvalue weighted by molar-refractivity contribution is -0.104.